The molecule has 0 radical (unpaired) electrons. The minimum atomic E-state index is -0.811. The van der Waals surface area contributed by atoms with Crippen molar-refractivity contribution >= 4 is 57.1 Å². The molecule has 0 spiro atoms. The molecular weight excluding hydrogens is 488 g/mol. The molecule has 0 saturated carbocycles. The molecule has 1 N–H and O–H groups in total. The minimum absolute atomic E-state index is 0.130. The van der Waals surface area contributed by atoms with Gasteiger partial charge in [0, 0.05) is 4.47 Å². The second-order valence-electron chi connectivity index (χ2n) is 7.09. The van der Waals surface area contributed by atoms with Crippen LogP contribution in [0.25, 0.3) is 6.08 Å². The fraction of sp³-hybridized carbons (Fsp3) is 0.227. The van der Waals surface area contributed by atoms with E-state index in [4.69, 9.17) is 21.1 Å². The molecule has 0 aromatic heterocycles. The Balaban J connectivity index is 2.05. The molecule has 2 aromatic carbocycles. The highest BCUT2D eigenvalue weighted by atomic mass is 79.9. The smallest absolute Gasteiger partial charge is 0.335 e. The van der Waals surface area contributed by atoms with Crippen LogP contribution >= 0.6 is 27.5 Å². The standard InChI is InChI=1S/C22H20BrClN2O5/c1-11(2)31-19-16(24)9-13(10-18(19)30-4)8-15-20(27)25-22(29)26(21(15)28)17-6-5-14(23)7-12(17)3/h5-11H,1-4H3,(H,25,27,29)/b15-8-. The molecule has 1 saturated heterocycles. The number of nitrogens with zero attached hydrogens (tertiary/aromatic N) is 1. The maximum absolute atomic E-state index is 13.1. The number of rotatable bonds is 5. The lowest BCUT2D eigenvalue weighted by Crippen LogP contribution is -2.54. The molecular formula is C22H20BrClN2O5. The van der Waals surface area contributed by atoms with Gasteiger partial charge in [0.1, 0.15) is 5.57 Å². The number of benzene rings is 2. The quantitative estimate of drug-likeness (QED) is 0.461. The van der Waals surface area contributed by atoms with Crippen LogP contribution < -0.4 is 19.7 Å². The summed E-state index contributed by atoms with van der Waals surface area (Å²) in [6.45, 7) is 5.47. The molecule has 0 aliphatic carbocycles. The topological polar surface area (TPSA) is 84.9 Å². The molecule has 1 aliphatic heterocycles. The fourth-order valence-corrected chi connectivity index (χ4v) is 3.83. The first-order valence-electron chi connectivity index (χ1n) is 9.34. The summed E-state index contributed by atoms with van der Waals surface area (Å²) < 4.78 is 11.8. The molecule has 9 heteroatoms. The van der Waals surface area contributed by atoms with Crippen LogP contribution in [0.15, 0.2) is 40.4 Å². The van der Waals surface area contributed by atoms with Crippen LogP contribution in [-0.4, -0.2) is 31.1 Å². The molecule has 0 unspecified atom stereocenters. The van der Waals surface area contributed by atoms with E-state index in [1.807, 2.05) is 13.8 Å². The largest absolute Gasteiger partial charge is 0.493 e. The summed E-state index contributed by atoms with van der Waals surface area (Å²) >= 11 is 9.70. The summed E-state index contributed by atoms with van der Waals surface area (Å²) in [5.41, 5.74) is 1.29. The molecule has 0 atom stereocenters. The predicted octanol–water partition coefficient (Wildman–Crippen LogP) is 4.87. The van der Waals surface area contributed by atoms with E-state index in [9.17, 15) is 14.4 Å². The minimum Gasteiger partial charge on any atom is -0.493 e. The molecule has 0 bridgehead atoms. The fourth-order valence-electron chi connectivity index (χ4n) is 3.09. The third-order valence-corrected chi connectivity index (χ3v) is 5.19. The summed E-state index contributed by atoms with van der Waals surface area (Å²) in [5.74, 6) is -0.813. The Morgan fingerprint density at radius 1 is 1.16 bits per heavy atom. The summed E-state index contributed by atoms with van der Waals surface area (Å²) in [7, 11) is 1.46. The number of carbonyl (C=O) groups is 3. The highest BCUT2D eigenvalue weighted by Gasteiger charge is 2.37. The van der Waals surface area contributed by atoms with Gasteiger partial charge in [0.25, 0.3) is 11.8 Å². The Bertz CT molecular complexity index is 1110. The monoisotopic (exact) mass is 506 g/mol. The Hall–Kier alpha value is -2.84. The zero-order chi connectivity index (χ0) is 22.9. The van der Waals surface area contributed by atoms with Crippen molar-refractivity contribution in [2.75, 3.05) is 12.0 Å². The number of nitrogens with one attached hydrogen (secondary N) is 1. The lowest BCUT2D eigenvalue weighted by atomic mass is 10.1. The molecule has 3 rings (SSSR count). The van der Waals surface area contributed by atoms with E-state index in [0.717, 1.165) is 9.37 Å². The van der Waals surface area contributed by atoms with Crippen molar-refractivity contribution in [2.24, 2.45) is 0 Å². The summed E-state index contributed by atoms with van der Waals surface area (Å²) in [4.78, 5) is 38.9. The summed E-state index contributed by atoms with van der Waals surface area (Å²) in [6.07, 6.45) is 1.23. The van der Waals surface area contributed by atoms with Crippen LogP contribution in [0.2, 0.25) is 5.02 Å². The highest BCUT2D eigenvalue weighted by molar-refractivity contribution is 9.10. The van der Waals surface area contributed by atoms with Gasteiger partial charge in [-0.05, 0) is 68.3 Å². The van der Waals surface area contributed by atoms with Crippen LogP contribution in [0.4, 0.5) is 10.5 Å². The number of ether oxygens (including phenoxy) is 2. The van der Waals surface area contributed by atoms with Gasteiger partial charge >= 0.3 is 6.03 Å². The third kappa shape index (κ3) is 4.75. The number of urea groups is 1. The maximum Gasteiger partial charge on any atom is 0.335 e. The second-order valence-corrected chi connectivity index (χ2v) is 8.41. The molecule has 31 heavy (non-hydrogen) atoms. The molecule has 7 nitrogen and oxygen atoms in total. The predicted molar refractivity (Wildman–Crippen MR) is 122 cm³/mol. The summed E-state index contributed by atoms with van der Waals surface area (Å²) in [5, 5.41) is 2.47. The molecule has 1 heterocycles. The van der Waals surface area contributed by atoms with E-state index in [-0.39, 0.29) is 16.7 Å². The first-order valence-corrected chi connectivity index (χ1v) is 10.5. The van der Waals surface area contributed by atoms with Crippen molar-refractivity contribution in [1.29, 1.82) is 0 Å². The lowest BCUT2D eigenvalue weighted by Gasteiger charge is -2.27. The third-order valence-electron chi connectivity index (χ3n) is 4.42. The van der Waals surface area contributed by atoms with Gasteiger partial charge in [-0.25, -0.2) is 9.69 Å². The van der Waals surface area contributed by atoms with Crippen molar-refractivity contribution in [3.05, 3.63) is 56.5 Å². The molecule has 2 aromatic rings. The van der Waals surface area contributed by atoms with Gasteiger partial charge in [-0.3, -0.25) is 14.9 Å². The van der Waals surface area contributed by atoms with E-state index in [1.54, 1.807) is 37.3 Å². The van der Waals surface area contributed by atoms with Gasteiger partial charge in [0.2, 0.25) is 0 Å². The van der Waals surface area contributed by atoms with Crippen LogP contribution in [0, 0.1) is 6.92 Å². The molecule has 1 aliphatic rings. The first-order chi connectivity index (χ1) is 14.6. The summed E-state index contributed by atoms with van der Waals surface area (Å²) in [6, 6.07) is 7.45. The van der Waals surface area contributed by atoms with Crippen LogP contribution in [-0.2, 0) is 9.59 Å². The number of barbiturate groups is 1. The number of carbonyl (C=O) groups excluding carboxylic acids is 3. The van der Waals surface area contributed by atoms with Gasteiger partial charge in [-0.15, -0.1) is 0 Å². The Morgan fingerprint density at radius 3 is 2.48 bits per heavy atom. The van der Waals surface area contributed by atoms with Gasteiger partial charge in [0.05, 0.1) is 23.9 Å². The van der Waals surface area contributed by atoms with Gasteiger partial charge in [-0.1, -0.05) is 27.5 Å². The number of anilines is 1. The lowest BCUT2D eigenvalue weighted by molar-refractivity contribution is -0.122. The average molecular weight is 508 g/mol. The van der Waals surface area contributed by atoms with Gasteiger partial charge in [-0.2, -0.15) is 0 Å². The van der Waals surface area contributed by atoms with Crippen molar-refractivity contribution in [2.45, 2.75) is 26.9 Å². The SMILES string of the molecule is COc1cc(/C=C2/C(=O)NC(=O)N(c3ccc(Br)cc3C)C2=O)cc(Cl)c1OC(C)C. The molecule has 162 valence electrons. The number of halogens is 2. The van der Waals surface area contributed by atoms with E-state index in [0.29, 0.717) is 28.3 Å². The van der Waals surface area contributed by atoms with Gasteiger partial charge in [0.15, 0.2) is 11.5 Å². The number of hydrogen-bond donors (Lipinski definition) is 1. The number of methoxy groups -OCH3 is 1. The van der Waals surface area contributed by atoms with E-state index in [1.165, 1.54) is 13.2 Å². The normalized spacial score (nSPS) is 15.5. The number of aryl methyl sites for hydroxylation is 1. The van der Waals surface area contributed by atoms with Crippen LogP contribution in [0.3, 0.4) is 0 Å². The van der Waals surface area contributed by atoms with Crippen molar-refractivity contribution in [3.63, 3.8) is 0 Å². The van der Waals surface area contributed by atoms with E-state index >= 15 is 0 Å². The van der Waals surface area contributed by atoms with E-state index in [2.05, 4.69) is 21.2 Å². The Morgan fingerprint density at radius 2 is 1.87 bits per heavy atom. The molecule has 1 fully saturated rings. The number of hydrogen-bond acceptors (Lipinski definition) is 5. The van der Waals surface area contributed by atoms with Crippen molar-refractivity contribution < 1.29 is 23.9 Å². The number of imide groups is 2. The molecule has 4 amide bonds. The van der Waals surface area contributed by atoms with Crippen LogP contribution in [0.1, 0.15) is 25.0 Å². The first kappa shape index (κ1) is 22.8. The zero-order valence-corrected chi connectivity index (χ0v) is 19.6. The van der Waals surface area contributed by atoms with Crippen LogP contribution in [0.5, 0.6) is 11.5 Å². The maximum atomic E-state index is 13.1. The highest BCUT2D eigenvalue weighted by Crippen LogP contribution is 2.38. The Labute approximate surface area is 193 Å². The van der Waals surface area contributed by atoms with Crippen molar-refractivity contribution in [1.82, 2.24) is 5.32 Å². The van der Waals surface area contributed by atoms with Gasteiger partial charge < -0.3 is 9.47 Å². The average Bonchev–Trinajstić information content (AvgIpc) is 2.68. The Kier molecular flexibility index (Phi) is 6.71. The zero-order valence-electron chi connectivity index (χ0n) is 17.3. The van der Waals surface area contributed by atoms with Crippen molar-refractivity contribution in [3.8, 4) is 11.5 Å². The van der Waals surface area contributed by atoms with E-state index < -0.39 is 17.8 Å². The second kappa shape index (κ2) is 9.11. The number of amides is 4.